The zero-order valence-corrected chi connectivity index (χ0v) is 12.7. The van der Waals surface area contributed by atoms with Gasteiger partial charge in [-0.1, -0.05) is 0 Å². The molecule has 0 aromatic heterocycles. The van der Waals surface area contributed by atoms with E-state index in [-0.39, 0.29) is 12.0 Å². The van der Waals surface area contributed by atoms with Gasteiger partial charge in [-0.2, -0.15) is 0 Å². The highest BCUT2D eigenvalue weighted by atomic mass is 16.5. The fraction of sp³-hybridized carbons (Fsp3) is 0.933. The Labute approximate surface area is 121 Å². The molecule has 2 bridgehead atoms. The van der Waals surface area contributed by atoms with Gasteiger partial charge < -0.3 is 10.1 Å². The monoisotopic (exact) mass is 281 g/mol. The Morgan fingerprint density at radius 2 is 2.00 bits per heavy atom. The van der Waals surface area contributed by atoms with Crippen molar-refractivity contribution in [3.8, 4) is 0 Å². The first-order valence-corrected chi connectivity index (χ1v) is 7.95. The molecule has 5 nitrogen and oxygen atoms in total. The Bertz CT molecular complexity index is 359. The van der Waals surface area contributed by atoms with Gasteiger partial charge in [0, 0.05) is 31.2 Å². The Balaban J connectivity index is 1.58. The highest BCUT2D eigenvalue weighted by Crippen LogP contribution is 2.28. The van der Waals surface area contributed by atoms with E-state index in [0.717, 1.165) is 25.7 Å². The van der Waals surface area contributed by atoms with Crippen molar-refractivity contribution in [1.82, 2.24) is 15.1 Å². The van der Waals surface area contributed by atoms with Crippen LogP contribution in [0.2, 0.25) is 0 Å². The quantitative estimate of drug-likeness (QED) is 0.741. The molecule has 0 amide bonds. The summed E-state index contributed by atoms with van der Waals surface area (Å²) >= 11 is 0. The molecular formula is C15H27N3O2. The Kier molecular flexibility index (Phi) is 4.29. The number of hydrogen-bond acceptors (Lipinski definition) is 5. The zero-order chi connectivity index (χ0) is 14.1. The molecule has 3 rings (SSSR count). The van der Waals surface area contributed by atoms with Crippen LogP contribution in [-0.4, -0.2) is 73.7 Å². The predicted molar refractivity (Wildman–Crippen MR) is 77.6 cm³/mol. The molecule has 1 N–H and O–H groups in total. The molecule has 0 aromatic rings. The molecule has 3 aliphatic rings. The molecule has 0 aromatic carbocycles. The third-order valence-electron chi connectivity index (χ3n) is 5.17. The maximum atomic E-state index is 11.9. The lowest BCUT2D eigenvalue weighted by Gasteiger charge is -2.28. The maximum absolute atomic E-state index is 11.9. The van der Waals surface area contributed by atoms with Crippen molar-refractivity contribution in [3.05, 3.63) is 0 Å². The van der Waals surface area contributed by atoms with Crippen molar-refractivity contribution in [1.29, 1.82) is 0 Å². The summed E-state index contributed by atoms with van der Waals surface area (Å²) in [6.07, 6.45) is 6.26. The van der Waals surface area contributed by atoms with Crippen molar-refractivity contribution in [2.45, 2.75) is 56.3 Å². The molecule has 2 saturated heterocycles. The predicted octanol–water partition coefficient (Wildman–Crippen LogP) is 0.449. The highest BCUT2D eigenvalue weighted by Gasteiger charge is 2.36. The molecule has 1 aliphatic carbocycles. The maximum Gasteiger partial charge on any atom is 0.324 e. The average Bonchev–Trinajstić information content (AvgIpc) is 3.19. The van der Waals surface area contributed by atoms with E-state index in [1.807, 2.05) is 0 Å². The van der Waals surface area contributed by atoms with Crippen LogP contribution in [0.4, 0.5) is 0 Å². The van der Waals surface area contributed by atoms with E-state index < -0.39 is 0 Å². The molecule has 3 atom stereocenters. The van der Waals surface area contributed by atoms with Crippen molar-refractivity contribution >= 4 is 5.97 Å². The van der Waals surface area contributed by atoms with Crippen LogP contribution in [0, 0.1) is 0 Å². The number of esters is 1. The van der Waals surface area contributed by atoms with Crippen molar-refractivity contribution in [3.63, 3.8) is 0 Å². The van der Waals surface area contributed by atoms with Crippen molar-refractivity contribution < 1.29 is 9.53 Å². The molecule has 0 radical (unpaired) electrons. The molecule has 3 fully saturated rings. The van der Waals surface area contributed by atoms with Crippen LogP contribution in [0.15, 0.2) is 0 Å². The zero-order valence-electron chi connectivity index (χ0n) is 12.7. The number of nitrogens with one attached hydrogen (secondary N) is 1. The minimum Gasteiger partial charge on any atom is -0.468 e. The molecule has 20 heavy (non-hydrogen) atoms. The number of carbonyl (C=O) groups is 1. The van der Waals surface area contributed by atoms with E-state index in [0.29, 0.717) is 12.1 Å². The fourth-order valence-electron chi connectivity index (χ4n) is 3.68. The normalized spacial score (nSPS) is 32.9. The summed E-state index contributed by atoms with van der Waals surface area (Å²) in [5.41, 5.74) is 0. The molecule has 114 valence electrons. The molecule has 2 heterocycles. The molecule has 1 saturated carbocycles. The van der Waals surface area contributed by atoms with Gasteiger partial charge in [0.15, 0.2) is 0 Å². The number of ether oxygens (including phenoxy) is 1. The summed E-state index contributed by atoms with van der Waals surface area (Å²) in [5.74, 6) is -0.111. The number of hydrogen-bond donors (Lipinski definition) is 1. The smallest absolute Gasteiger partial charge is 0.324 e. The van der Waals surface area contributed by atoms with Gasteiger partial charge in [0.1, 0.15) is 6.04 Å². The molecular weight excluding hydrogens is 254 g/mol. The van der Waals surface area contributed by atoms with Gasteiger partial charge in [0.25, 0.3) is 0 Å². The fourth-order valence-corrected chi connectivity index (χ4v) is 3.68. The summed E-state index contributed by atoms with van der Waals surface area (Å²) in [7, 11) is 3.74. The number of likely N-dealkylation sites (N-methyl/N-ethyl adjacent to an activating group) is 1. The van der Waals surface area contributed by atoms with Crippen LogP contribution in [0.3, 0.4) is 0 Å². The molecule has 5 heteroatoms. The van der Waals surface area contributed by atoms with E-state index in [9.17, 15) is 4.79 Å². The number of fused-ring (bicyclic) bond motifs is 2. The number of nitrogens with zero attached hydrogens (tertiary/aromatic N) is 2. The second-order valence-corrected chi connectivity index (χ2v) is 6.62. The number of methoxy groups -OCH3 is 1. The summed E-state index contributed by atoms with van der Waals surface area (Å²) < 4.78 is 4.96. The topological polar surface area (TPSA) is 44.8 Å². The summed E-state index contributed by atoms with van der Waals surface area (Å²) in [5, 5.41) is 3.43. The van der Waals surface area contributed by atoms with Crippen LogP contribution >= 0.6 is 0 Å². The highest BCUT2D eigenvalue weighted by molar-refractivity contribution is 5.76. The first kappa shape index (κ1) is 14.3. The molecule has 2 aliphatic heterocycles. The first-order valence-electron chi connectivity index (χ1n) is 7.95. The molecule has 0 spiro atoms. The van der Waals surface area contributed by atoms with E-state index in [4.69, 9.17) is 4.74 Å². The third-order valence-corrected chi connectivity index (χ3v) is 5.17. The van der Waals surface area contributed by atoms with Gasteiger partial charge in [-0.05, 0) is 45.7 Å². The number of carbonyl (C=O) groups excluding carboxylic acids is 1. The van der Waals surface area contributed by atoms with Gasteiger partial charge in [-0.3, -0.25) is 14.6 Å². The first-order chi connectivity index (χ1) is 9.67. The van der Waals surface area contributed by atoms with E-state index in [1.54, 1.807) is 0 Å². The minimum atomic E-state index is -0.158. The van der Waals surface area contributed by atoms with Gasteiger partial charge in [-0.15, -0.1) is 0 Å². The Morgan fingerprint density at radius 3 is 2.70 bits per heavy atom. The summed E-state index contributed by atoms with van der Waals surface area (Å²) in [4.78, 5) is 16.9. The summed E-state index contributed by atoms with van der Waals surface area (Å²) in [6.45, 7) is 2.98. The van der Waals surface area contributed by atoms with Gasteiger partial charge in [0.05, 0.1) is 7.11 Å². The van der Waals surface area contributed by atoms with Crippen molar-refractivity contribution in [2.75, 3.05) is 33.8 Å². The lowest BCUT2D eigenvalue weighted by atomic mass is 10.1. The second-order valence-electron chi connectivity index (χ2n) is 6.62. The van der Waals surface area contributed by atoms with E-state index in [1.165, 1.54) is 39.2 Å². The SMILES string of the molecule is COC(=O)C(CN1CCC2CCC(C1)N2C)NC1CC1. The van der Waals surface area contributed by atoms with Crippen LogP contribution in [0.1, 0.15) is 32.1 Å². The van der Waals surface area contributed by atoms with E-state index >= 15 is 0 Å². The van der Waals surface area contributed by atoms with Gasteiger partial charge >= 0.3 is 5.97 Å². The van der Waals surface area contributed by atoms with Crippen molar-refractivity contribution in [2.24, 2.45) is 0 Å². The minimum absolute atomic E-state index is 0.111. The molecule has 3 unspecified atom stereocenters. The van der Waals surface area contributed by atoms with Crippen LogP contribution in [-0.2, 0) is 9.53 Å². The lowest BCUT2D eigenvalue weighted by Crippen LogP contribution is -2.49. The number of rotatable bonds is 5. The lowest BCUT2D eigenvalue weighted by molar-refractivity contribution is -0.143. The van der Waals surface area contributed by atoms with Crippen LogP contribution < -0.4 is 5.32 Å². The Hall–Kier alpha value is -0.650. The van der Waals surface area contributed by atoms with E-state index in [2.05, 4.69) is 22.2 Å². The largest absolute Gasteiger partial charge is 0.468 e. The summed E-state index contributed by atoms with van der Waals surface area (Å²) in [6, 6.07) is 1.79. The standard InChI is InChI=1S/C15H27N3O2/c1-17-12-5-6-13(17)9-18(8-7-12)10-14(15(19)20-2)16-11-3-4-11/h11-14,16H,3-10H2,1-2H3. The second kappa shape index (κ2) is 6.00. The average molecular weight is 281 g/mol. The number of likely N-dealkylation sites (tertiary alicyclic amines) is 1. The van der Waals surface area contributed by atoms with Crippen LogP contribution in [0.25, 0.3) is 0 Å². The Morgan fingerprint density at radius 1 is 1.25 bits per heavy atom. The van der Waals surface area contributed by atoms with Gasteiger partial charge in [-0.25, -0.2) is 0 Å². The third kappa shape index (κ3) is 3.15. The van der Waals surface area contributed by atoms with Crippen LogP contribution in [0.5, 0.6) is 0 Å². The van der Waals surface area contributed by atoms with Gasteiger partial charge in [0.2, 0.25) is 0 Å².